The maximum atomic E-state index is 12.2. The Balaban J connectivity index is 2.23. The molecule has 0 aliphatic rings. The largest absolute Gasteiger partial charge is 0.480 e. The van der Waals surface area contributed by atoms with Crippen LogP contribution in [-0.4, -0.2) is 16.3 Å². The van der Waals surface area contributed by atoms with Crippen molar-refractivity contribution in [1.82, 2.24) is 4.98 Å². The van der Waals surface area contributed by atoms with Gasteiger partial charge >= 0.3 is 0 Å². The van der Waals surface area contributed by atoms with Crippen LogP contribution in [0.5, 0.6) is 5.88 Å². The molecular weight excluding hydrogens is 342 g/mol. The van der Waals surface area contributed by atoms with E-state index in [1.165, 1.54) is 7.11 Å². The van der Waals surface area contributed by atoms with Crippen molar-refractivity contribution in [3.63, 3.8) is 0 Å². The van der Waals surface area contributed by atoms with Crippen LogP contribution in [0.2, 0.25) is 0 Å². The van der Waals surface area contributed by atoms with Crippen molar-refractivity contribution in [3.8, 4) is 11.9 Å². The summed E-state index contributed by atoms with van der Waals surface area (Å²) in [6, 6.07) is 10.3. The molecule has 1 aromatic heterocycles. The first kappa shape index (κ1) is 14.5. The quantitative estimate of drug-likeness (QED) is 0.918. The van der Waals surface area contributed by atoms with E-state index in [1.807, 2.05) is 6.07 Å². The number of pyridine rings is 1. The lowest BCUT2D eigenvalue weighted by molar-refractivity contribution is 0.400. The zero-order valence-corrected chi connectivity index (χ0v) is 12.9. The molecule has 2 aromatic rings. The molecule has 1 aromatic carbocycles. The first-order valence-electron chi connectivity index (χ1n) is 5.52. The number of nitrogens with zero attached hydrogens (tertiary/aromatic N) is 2. The van der Waals surface area contributed by atoms with Crippen molar-refractivity contribution < 1.29 is 8.95 Å². The second-order valence-corrected chi connectivity index (χ2v) is 5.85. The fourth-order valence-electron chi connectivity index (χ4n) is 1.47. The van der Waals surface area contributed by atoms with Crippen molar-refractivity contribution in [2.75, 3.05) is 11.8 Å². The second kappa shape index (κ2) is 6.50. The maximum Gasteiger partial charge on any atom is 0.238 e. The van der Waals surface area contributed by atoms with Crippen molar-refractivity contribution >= 4 is 32.6 Å². The molecule has 0 aliphatic heterocycles. The standard InChI is InChI=1S/C13H10BrN3O2S/c1-19-13-12(6-10(14)8-16-13)17-20(18)11-4-2-9(7-15)3-5-11/h2-6,8,17H,1H3. The molecule has 1 N–H and O–H groups in total. The van der Waals surface area contributed by atoms with Gasteiger partial charge in [0, 0.05) is 10.7 Å². The van der Waals surface area contributed by atoms with Gasteiger partial charge in [-0.25, -0.2) is 9.19 Å². The van der Waals surface area contributed by atoms with Crippen molar-refractivity contribution in [2.45, 2.75) is 4.90 Å². The zero-order valence-electron chi connectivity index (χ0n) is 10.5. The number of aromatic nitrogens is 1. The van der Waals surface area contributed by atoms with Crippen LogP contribution in [0.15, 0.2) is 45.9 Å². The highest BCUT2D eigenvalue weighted by atomic mass is 79.9. The van der Waals surface area contributed by atoms with Crippen LogP contribution < -0.4 is 9.46 Å². The summed E-state index contributed by atoms with van der Waals surface area (Å²) in [5.74, 6) is 0.357. The first-order valence-corrected chi connectivity index (χ1v) is 7.46. The van der Waals surface area contributed by atoms with Crippen LogP contribution in [0.25, 0.3) is 0 Å². The highest BCUT2D eigenvalue weighted by Gasteiger charge is 2.10. The molecule has 7 heteroatoms. The van der Waals surface area contributed by atoms with Gasteiger partial charge in [0.05, 0.1) is 23.6 Å². The fourth-order valence-corrected chi connectivity index (χ4v) is 2.65. The van der Waals surface area contributed by atoms with E-state index in [4.69, 9.17) is 10.00 Å². The van der Waals surface area contributed by atoms with Gasteiger partial charge in [-0.15, -0.1) is 0 Å². The Morgan fingerprint density at radius 3 is 2.70 bits per heavy atom. The SMILES string of the molecule is COc1ncc(Br)cc1NS(=O)c1ccc(C#N)cc1. The number of nitrogens with one attached hydrogen (secondary N) is 1. The van der Waals surface area contributed by atoms with Crippen molar-refractivity contribution in [3.05, 3.63) is 46.6 Å². The molecule has 0 aliphatic carbocycles. The van der Waals surface area contributed by atoms with E-state index >= 15 is 0 Å². The molecule has 0 saturated heterocycles. The highest BCUT2D eigenvalue weighted by Crippen LogP contribution is 2.26. The van der Waals surface area contributed by atoms with E-state index in [2.05, 4.69) is 25.6 Å². The summed E-state index contributed by atoms with van der Waals surface area (Å²) in [6.45, 7) is 0. The molecule has 102 valence electrons. The fraction of sp³-hybridized carbons (Fsp3) is 0.0769. The van der Waals surface area contributed by atoms with E-state index in [9.17, 15) is 4.21 Å². The molecule has 20 heavy (non-hydrogen) atoms. The Morgan fingerprint density at radius 1 is 1.40 bits per heavy atom. The average molecular weight is 352 g/mol. The normalized spacial score (nSPS) is 11.4. The molecule has 1 atom stereocenters. The minimum Gasteiger partial charge on any atom is -0.480 e. The van der Waals surface area contributed by atoms with Crippen molar-refractivity contribution in [2.24, 2.45) is 0 Å². The molecule has 1 heterocycles. The summed E-state index contributed by atoms with van der Waals surface area (Å²) >= 11 is 3.30. The second-order valence-electron chi connectivity index (χ2n) is 3.72. The first-order chi connectivity index (χ1) is 9.63. The predicted octanol–water partition coefficient (Wildman–Crippen LogP) is 2.86. The molecule has 2 rings (SSSR count). The van der Waals surface area contributed by atoms with Gasteiger partial charge in [-0.3, -0.25) is 4.72 Å². The van der Waals surface area contributed by atoms with Crippen LogP contribution >= 0.6 is 15.9 Å². The third-order valence-electron chi connectivity index (χ3n) is 2.41. The number of benzene rings is 1. The molecule has 0 radical (unpaired) electrons. The van der Waals surface area contributed by atoms with Crippen LogP contribution in [-0.2, 0) is 11.0 Å². The molecule has 0 bridgehead atoms. The Bertz CT molecular complexity index is 683. The minimum atomic E-state index is -1.47. The lowest BCUT2D eigenvalue weighted by Gasteiger charge is -2.10. The molecule has 5 nitrogen and oxygen atoms in total. The summed E-state index contributed by atoms with van der Waals surface area (Å²) < 4.78 is 20.9. The number of methoxy groups -OCH3 is 1. The number of hydrogen-bond donors (Lipinski definition) is 1. The van der Waals surface area contributed by atoms with Gasteiger partial charge in [0.25, 0.3) is 0 Å². The van der Waals surface area contributed by atoms with Crippen LogP contribution in [0.4, 0.5) is 5.69 Å². The smallest absolute Gasteiger partial charge is 0.238 e. The number of nitriles is 1. The summed E-state index contributed by atoms with van der Waals surface area (Å²) in [4.78, 5) is 4.62. The third kappa shape index (κ3) is 3.35. The molecule has 0 saturated carbocycles. The Kier molecular flexibility index (Phi) is 4.71. The Morgan fingerprint density at radius 2 is 2.10 bits per heavy atom. The molecule has 1 unspecified atom stereocenters. The molecular formula is C13H10BrN3O2S. The molecule has 0 fully saturated rings. The Labute approximate surface area is 127 Å². The van der Waals surface area contributed by atoms with E-state index in [0.29, 0.717) is 22.0 Å². The lowest BCUT2D eigenvalue weighted by atomic mass is 10.2. The van der Waals surface area contributed by atoms with Crippen molar-refractivity contribution in [1.29, 1.82) is 5.26 Å². The molecule has 0 amide bonds. The van der Waals surface area contributed by atoms with Crippen LogP contribution in [0.1, 0.15) is 5.56 Å². The topological polar surface area (TPSA) is 75.0 Å². The van der Waals surface area contributed by atoms with E-state index in [0.717, 1.165) is 4.47 Å². The number of hydrogen-bond acceptors (Lipinski definition) is 4. The monoisotopic (exact) mass is 351 g/mol. The van der Waals surface area contributed by atoms with Gasteiger partial charge < -0.3 is 4.74 Å². The maximum absolute atomic E-state index is 12.2. The summed E-state index contributed by atoms with van der Waals surface area (Å²) in [6.07, 6.45) is 1.59. The zero-order chi connectivity index (χ0) is 14.5. The number of halogens is 1. The Hall–Kier alpha value is -1.91. The van der Waals surface area contributed by atoms with Gasteiger partial charge in [-0.2, -0.15) is 5.26 Å². The number of anilines is 1. The van der Waals surface area contributed by atoms with Gasteiger partial charge in [-0.05, 0) is 46.3 Å². The highest BCUT2D eigenvalue weighted by molar-refractivity contribution is 9.10. The minimum absolute atomic E-state index is 0.357. The van der Waals surface area contributed by atoms with Crippen LogP contribution in [0.3, 0.4) is 0 Å². The number of ether oxygens (including phenoxy) is 1. The lowest BCUT2D eigenvalue weighted by Crippen LogP contribution is -2.06. The molecule has 0 spiro atoms. The van der Waals surface area contributed by atoms with E-state index in [-0.39, 0.29) is 0 Å². The third-order valence-corrected chi connectivity index (χ3v) is 3.95. The summed E-state index contributed by atoms with van der Waals surface area (Å²) in [5, 5.41) is 8.73. The number of rotatable bonds is 4. The average Bonchev–Trinajstić information content (AvgIpc) is 2.47. The van der Waals surface area contributed by atoms with E-state index < -0.39 is 11.0 Å². The van der Waals surface area contributed by atoms with Gasteiger partial charge in [-0.1, -0.05) is 0 Å². The summed E-state index contributed by atoms with van der Waals surface area (Å²) in [5.41, 5.74) is 1.04. The van der Waals surface area contributed by atoms with Gasteiger partial charge in [0.15, 0.2) is 0 Å². The van der Waals surface area contributed by atoms with Crippen LogP contribution in [0, 0.1) is 11.3 Å². The predicted molar refractivity (Wildman–Crippen MR) is 79.7 cm³/mol. The van der Waals surface area contributed by atoms with E-state index in [1.54, 1.807) is 36.5 Å². The van der Waals surface area contributed by atoms with Gasteiger partial charge in [0.1, 0.15) is 16.7 Å². The van der Waals surface area contributed by atoms with Gasteiger partial charge in [0.2, 0.25) is 5.88 Å². The summed E-state index contributed by atoms with van der Waals surface area (Å²) in [7, 11) is 0.0271.